The third kappa shape index (κ3) is 4.71. The fourth-order valence-electron chi connectivity index (χ4n) is 2.96. The fraction of sp³-hybridized carbons (Fsp3) is 0.556. The van der Waals surface area contributed by atoms with Crippen molar-refractivity contribution in [2.45, 2.75) is 45.6 Å². The lowest BCUT2D eigenvalue weighted by Gasteiger charge is -2.29. The number of amides is 1. The summed E-state index contributed by atoms with van der Waals surface area (Å²) in [5.41, 5.74) is 0.449. The van der Waals surface area contributed by atoms with Crippen LogP contribution in [-0.2, 0) is 4.79 Å². The molecular weight excluding hydrogens is 294 g/mol. The topological polar surface area (TPSA) is 64.6 Å². The lowest BCUT2D eigenvalue weighted by Crippen LogP contribution is -2.43. The van der Waals surface area contributed by atoms with Gasteiger partial charge in [0, 0.05) is 12.1 Å². The van der Waals surface area contributed by atoms with Gasteiger partial charge in [0.2, 0.25) is 0 Å². The van der Waals surface area contributed by atoms with Crippen LogP contribution in [0.5, 0.6) is 11.5 Å². The molecule has 2 atom stereocenters. The first-order valence-electron chi connectivity index (χ1n) is 8.12. The van der Waals surface area contributed by atoms with Gasteiger partial charge in [-0.3, -0.25) is 9.59 Å². The van der Waals surface area contributed by atoms with Crippen molar-refractivity contribution in [3.63, 3.8) is 0 Å². The third-order valence-corrected chi connectivity index (χ3v) is 4.38. The van der Waals surface area contributed by atoms with Gasteiger partial charge in [-0.1, -0.05) is 19.8 Å². The SMILES string of the molecule is COc1ccc(C(C)=O)c(OCC(=O)N[C@H]2CCCC[C@@H]2C)c1. The maximum Gasteiger partial charge on any atom is 0.258 e. The van der Waals surface area contributed by atoms with Gasteiger partial charge in [0.25, 0.3) is 5.91 Å². The molecule has 1 aromatic carbocycles. The van der Waals surface area contributed by atoms with Crippen molar-refractivity contribution in [3.05, 3.63) is 23.8 Å². The summed E-state index contributed by atoms with van der Waals surface area (Å²) in [5, 5.41) is 3.04. The van der Waals surface area contributed by atoms with E-state index >= 15 is 0 Å². The number of ether oxygens (including phenoxy) is 2. The summed E-state index contributed by atoms with van der Waals surface area (Å²) in [7, 11) is 1.55. The van der Waals surface area contributed by atoms with Crippen LogP contribution < -0.4 is 14.8 Å². The highest BCUT2D eigenvalue weighted by Crippen LogP contribution is 2.26. The van der Waals surface area contributed by atoms with Crippen molar-refractivity contribution < 1.29 is 19.1 Å². The number of benzene rings is 1. The molecule has 0 aromatic heterocycles. The lowest BCUT2D eigenvalue weighted by molar-refractivity contribution is -0.124. The van der Waals surface area contributed by atoms with E-state index in [9.17, 15) is 9.59 Å². The smallest absolute Gasteiger partial charge is 0.258 e. The monoisotopic (exact) mass is 319 g/mol. The Morgan fingerprint density at radius 1 is 1.26 bits per heavy atom. The molecule has 1 aliphatic rings. The van der Waals surface area contributed by atoms with Crippen LogP contribution in [0.4, 0.5) is 0 Å². The van der Waals surface area contributed by atoms with E-state index in [-0.39, 0.29) is 24.3 Å². The van der Waals surface area contributed by atoms with Crippen molar-refractivity contribution in [1.29, 1.82) is 0 Å². The molecule has 0 spiro atoms. The van der Waals surface area contributed by atoms with Crippen molar-refractivity contribution >= 4 is 11.7 Å². The van der Waals surface area contributed by atoms with Gasteiger partial charge in [-0.25, -0.2) is 0 Å². The van der Waals surface area contributed by atoms with Crippen molar-refractivity contribution in [1.82, 2.24) is 5.32 Å². The predicted molar refractivity (Wildman–Crippen MR) is 88.1 cm³/mol. The van der Waals surface area contributed by atoms with E-state index in [1.54, 1.807) is 25.3 Å². The van der Waals surface area contributed by atoms with E-state index in [0.29, 0.717) is 23.0 Å². The van der Waals surface area contributed by atoms with Crippen LogP contribution in [-0.4, -0.2) is 31.4 Å². The molecule has 0 unspecified atom stereocenters. The Kier molecular flexibility index (Phi) is 6.02. The van der Waals surface area contributed by atoms with Crippen molar-refractivity contribution in [2.75, 3.05) is 13.7 Å². The van der Waals surface area contributed by atoms with Gasteiger partial charge < -0.3 is 14.8 Å². The number of rotatable bonds is 6. The molecule has 0 radical (unpaired) electrons. The molecule has 0 heterocycles. The summed E-state index contributed by atoms with van der Waals surface area (Å²) in [5.74, 6) is 1.21. The highest BCUT2D eigenvalue weighted by Gasteiger charge is 2.23. The number of hydrogen-bond donors (Lipinski definition) is 1. The highest BCUT2D eigenvalue weighted by atomic mass is 16.5. The summed E-state index contributed by atoms with van der Waals surface area (Å²) in [6.45, 7) is 3.54. The van der Waals surface area contributed by atoms with Crippen LogP contribution in [0, 0.1) is 5.92 Å². The average Bonchev–Trinajstić information content (AvgIpc) is 2.54. The molecular formula is C18H25NO4. The predicted octanol–water partition coefficient (Wildman–Crippen LogP) is 2.97. The molecule has 5 heteroatoms. The number of carbonyl (C=O) groups excluding carboxylic acids is 2. The number of methoxy groups -OCH3 is 1. The minimum Gasteiger partial charge on any atom is -0.497 e. The fourth-order valence-corrected chi connectivity index (χ4v) is 2.96. The molecule has 1 amide bonds. The quantitative estimate of drug-likeness (QED) is 0.819. The first-order valence-corrected chi connectivity index (χ1v) is 8.12. The zero-order valence-corrected chi connectivity index (χ0v) is 14.1. The summed E-state index contributed by atoms with van der Waals surface area (Å²) in [6, 6.07) is 5.20. The molecule has 1 fully saturated rings. The molecule has 1 saturated carbocycles. The van der Waals surface area contributed by atoms with Crippen molar-refractivity contribution in [2.24, 2.45) is 5.92 Å². The zero-order valence-electron chi connectivity index (χ0n) is 14.1. The Labute approximate surface area is 137 Å². The number of Topliss-reactive ketones (excluding diaryl/α,β-unsaturated/α-hetero) is 1. The second kappa shape index (κ2) is 7.99. The molecule has 1 aliphatic carbocycles. The first-order chi connectivity index (χ1) is 11.0. The second-order valence-electron chi connectivity index (χ2n) is 6.14. The largest absolute Gasteiger partial charge is 0.497 e. The Morgan fingerprint density at radius 2 is 2.00 bits per heavy atom. The van der Waals surface area contributed by atoms with E-state index in [2.05, 4.69) is 12.2 Å². The second-order valence-corrected chi connectivity index (χ2v) is 6.14. The molecule has 0 saturated heterocycles. The maximum atomic E-state index is 12.1. The van der Waals surface area contributed by atoms with Crippen LogP contribution in [0.2, 0.25) is 0 Å². The van der Waals surface area contributed by atoms with E-state index in [4.69, 9.17) is 9.47 Å². The van der Waals surface area contributed by atoms with E-state index in [1.807, 2.05) is 0 Å². The first kappa shape index (κ1) is 17.3. The zero-order chi connectivity index (χ0) is 16.8. The van der Waals surface area contributed by atoms with Crippen LogP contribution in [0.15, 0.2) is 18.2 Å². The van der Waals surface area contributed by atoms with Gasteiger partial charge in [0.1, 0.15) is 11.5 Å². The van der Waals surface area contributed by atoms with Crippen LogP contribution >= 0.6 is 0 Å². The molecule has 0 aliphatic heterocycles. The van der Waals surface area contributed by atoms with Crippen molar-refractivity contribution in [3.8, 4) is 11.5 Å². The van der Waals surface area contributed by atoms with Gasteiger partial charge in [-0.15, -0.1) is 0 Å². The minimum atomic E-state index is -0.152. The van der Waals surface area contributed by atoms with Crippen LogP contribution in [0.1, 0.15) is 49.9 Å². The Morgan fingerprint density at radius 3 is 2.65 bits per heavy atom. The average molecular weight is 319 g/mol. The van der Waals surface area contributed by atoms with E-state index < -0.39 is 0 Å². The Balaban J connectivity index is 1.96. The molecule has 1 aromatic rings. The third-order valence-electron chi connectivity index (χ3n) is 4.38. The van der Waals surface area contributed by atoms with Crippen LogP contribution in [0.25, 0.3) is 0 Å². The molecule has 23 heavy (non-hydrogen) atoms. The minimum absolute atomic E-state index is 0.101. The molecule has 0 bridgehead atoms. The van der Waals surface area contributed by atoms with Gasteiger partial charge in [0.05, 0.1) is 12.7 Å². The highest BCUT2D eigenvalue weighted by molar-refractivity contribution is 5.97. The van der Waals surface area contributed by atoms with Gasteiger partial charge in [-0.2, -0.15) is 0 Å². The summed E-state index contributed by atoms with van der Waals surface area (Å²) >= 11 is 0. The molecule has 1 N–H and O–H groups in total. The molecule has 2 rings (SSSR count). The summed E-state index contributed by atoms with van der Waals surface area (Å²) in [6.07, 6.45) is 4.55. The maximum absolute atomic E-state index is 12.1. The standard InChI is InChI=1S/C18H25NO4/c1-12-6-4-5-7-16(12)19-18(21)11-23-17-10-14(22-3)8-9-15(17)13(2)20/h8-10,12,16H,4-7,11H2,1-3H3,(H,19,21)/t12-,16-/m0/s1. The number of ketones is 1. The Hall–Kier alpha value is -2.04. The lowest BCUT2D eigenvalue weighted by atomic mass is 9.86. The molecule has 126 valence electrons. The number of hydrogen-bond acceptors (Lipinski definition) is 4. The van der Waals surface area contributed by atoms with Gasteiger partial charge in [0.15, 0.2) is 12.4 Å². The van der Waals surface area contributed by atoms with E-state index in [1.165, 1.54) is 13.3 Å². The normalized spacial score (nSPS) is 20.7. The number of nitrogens with one attached hydrogen (secondary N) is 1. The van der Waals surface area contributed by atoms with Gasteiger partial charge in [-0.05, 0) is 37.8 Å². The van der Waals surface area contributed by atoms with Gasteiger partial charge >= 0.3 is 0 Å². The summed E-state index contributed by atoms with van der Waals surface area (Å²) < 4.78 is 10.7. The Bertz CT molecular complexity index is 570. The van der Waals surface area contributed by atoms with Crippen LogP contribution in [0.3, 0.4) is 0 Å². The number of carbonyl (C=O) groups is 2. The summed E-state index contributed by atoms with van der Waals surface area (Å²) in [4.78, 5) is 23.8. The van der Waals surface area contributed by atoms with E-state index in [0.717, 1.165) is 19.3 Å². The molecule has 5 nitrogen and oxygen atoms in total.